The normalized spacial score (nSPS) is 12.3. The Morgan fingerprint density at radius 3 is 2.52 bits per heavy atom. The molecule has 0 aliphatic rings. The van der Waals surface area contributed by atoms with E-state index in [1.165, 1.54) is 12.1 Å². The van der Waals surface area contributed by atoms with Crippen LogP contribution in [0.1, 0.15) is 28.3 Å². The van der Waals surface area contributed by atoms with Gasteiger partial charge in [-0.1, -0.05) is 28.1 Å². The number of rotatable bonds is 4. The SMILES string of the molecule is COc1cc(C)cc(C)c1C(NN)c1ccc(F)cc1Br. The van der Waals surface area contributed by atoms with Crippen LogP contribution in [0.15, 0.2) is 34.8 Å². The molecule has 0 aromatic heterocycles. The zero-order valence-electron chi connectivity index (χ0n) is 12.2. The van der Waals surface area contributed by atoms with Gasteiger partial charge in [0, 0.05) is 10.0 Å². The number of methoxy groups -OCH3 is 1. The minimum Gasteiger partial charge on any atom is -0.496 e. The molecule has 0 fully saturated rings. The molecule has 0 spiro atoms. The highest BCUT2D eigenvalue weighted by Crippen LogP contribution is 2.36. The van der Waals surface area contributed by atoms with E-state index in [9.17, 15) is 4.39 Å². The largest absolute Gasteiger partial charge is 0.496 e. The molecule has 21 heavy (non-hydrogen) atoms. The third kappa shape index (κ3) is 3.26. The smallest absolute Gasteiger partial charge is 0.124 e. The van der Waals surface area contributed by atoms with Gasteiger partial charge in [0.25, 0.3) is 0 Å². The number of nitrogens with two attached hydrogens (primary N) is 1. The van der Waals surface area contributed by atoms with Gasteiger partial charge in [0.05, 0.1) is 13.2 Å². The first-order valence-corrected chi connectivity index (χ1v) is 7.33. The molecule has 5 heteroatoms. The van der Waals surface area contributed by atoms with Crippen molar-refractivity contribution in [3.8, 4) is 5.75 Å². The van der Waals surface area contributed by atoms with E-state index in [0.717, 1.165) is 28.0 Å². The molecule has 0 aliphatic heterocycles. The maximum absolute atomic E-state index is 13.3. The average Bonchev–Trinajstić information content (AvgIpc) is 2.42. The Bertz CT molecular complexity index is 661. The van der Waals surface area contributed by atoms with E-state index in [1.54, 1.807) is 13.2 Å². The Morgan fingerprint density at radius 1 is 1.24 bits per heavy atom. The quantitative estimate of drug-likeness (QED) is 0.650. The first-order valence-electron chi connectivity index (χ1n) is 6.54. The van der Waals surface area contributed by atoms with Crippen molar-refractivity contribution in [2.75, 3.05) is 7.11 Å². The molecule has 1 unspecified atom stereocenters. The second kappa shape index (κ2) is 6.56. The molecule has 0 amide bonds. The van der Waals surface area contributed by atoms with Gasteiger partial charge >= 0.3 is 0 Å². The number of hydrazine groups is 1. The maximum atomic E-state index is 13.3. The number of nitrogens with one attached hydrogen (secondary N) is 1. The van der Waals surface area contributed by atoms with Crippen molar-refractivity contribution in [2.24, 2.45) is 5.84 Å². The second-order valence-electron chi connectivity index (χ2n) is 4.96. The van der Waals surface area contributed by atoms with Gasteiger partial charge in [0.1, 0.15) is 11.6 Å². The molecule has 2 rings (SSSR count). The lowest BCUT2D eigenvalue weighted by atomic mass is 9.93. The minimum absolute atomic E-state index is 0.296. The van der Waals surface area contributed by atoms with Gasteiger partial charge in [-0.3, -0.25) is 5.84 Å². The first-order chi connectivity index (χ1) is 9.97. The van der Waals surface area contributed by atoms with Crippen LogP contribution in [-0.2, 0) is 0 Å². The highest BCUT2D eigenvalue weighted by atomic mass is 79.9. The summed E-state index contributed by atoms with van der Waals surface area (Å²) in [4.78, 5) is 0. The van der Waals surface area contributed by atoms with Gasteiger partial charge < -0.3 is 4.74 Å². The zero-order valence-corrected chi connectivity index (χ0v) is 13.8. The third-order valence-corrected chi connectivity index (χ3v) is 4.13. The summed E-state index contributed by atoms with van der Waals surface area (Å²) >= 11 is 3.39. The van der Waals surface area contributed by atoms with Gasteiger partial charge in [0.2, 0.25) is 0 Å². The molecule has 0 radical (unpaired) electrons. The highest BCUT2D eigenvalue weighted by molar-refractivity contribution is 9.10. The second-order valence-corrected chi connectivity index (χ2v) is 5.82. The molecule has 0 heterocycles. The topological polar surface area (TPSA) is 47.3 Å². The van der Waals surface area contributed by atoms with Gasteiger partial charge in [-0.15, -0.1) is 0 Å². The van der Waals surface area contributed by atoms with Gasteiger partial charge in [0.15, 0.2) is 0 Å². The Labute approximate surface area is 132 Å². The molecule has 112 valence electrons. The van der Waals surface area contributed by atoms with E-state index >= 15 is 0 Å². The van der Waals surface area contributed by atoms with Crippen molar-refractivity contribution in [2.45, 2.75) is 19.9 Å². The maximum Gasteiger partial charge on any atom is 0.124 e. The lowest BCUT2D eigenvalue weighted by Gasteiger charge is -2.23. The molecule has 0 saturated carbocycles. The average molecular weight is 353 g/mol. The monoisotopic (exact) mass is 352 g/mol. The number of aryl methyl sites for hydroxylation is 2. The molecule has 3 nitrogen and oxygen atoms in total. The number of halogens is 2. The lowest BCUT2D eigenvalue weighted by molar-refractivity contribution is 0.403. The van der Waals surface area contributed by atoms with Crippen LogP contribution in [0.5, 0.6) is 5.75 Å². The van der Waals surface area contributed by atoms with E-state index in [1.807, 2.05) is 19.9 Å². The number of hydrogen-bond donors (Lipinski definition) is 2. The summed E-state index contributed by atoms with van der Waals surface area (Å²) in [6.45, 7) is 4.02. The van der Waals surface area contributed by atoms with Gasteiger partial charge in [-0.05, 0) is 48.7 Å². The van der Waals surface area contributed by atoms with Gasteiger partial charge in [-0.25, -0.2) is 9.82 Å². The molecule has 0 aliphatic carbocycles. The van der Waals surface area contributed by atoms with Crippen LogP contribution in [0, 0.1) is 19.7 Å². The van der Waals surface area contributed by atoms with Crippen LogP contribution in [0.3, 0.4) is 0 Å². The lowest BCUT2D eigenvalue weighted by Crippen LogP contribution is -2.30. The van der Waals surface area contributed by atoms with E-state index in [0.29, 0.717) is 4.47 Å². The van der Waals surface area contributed by atoms with Crippen LogP contribution in [-0.4, -0.2) is 7.11 Å². The van der Waals surface area contributed by atoms with E-state index in [4.69, 9.17) is 10.6 Å². The Balaban J connectivity index is 2.61. The minimum atomic E-state index is -0.297. The first kappa shape index (κ1) is 15.9. The standard InChI is InChI=1S/C16H18BrFN2O/c1-9-6-10(2)15(14(7-9)21-3)16(20-19)12-5-4-11(18)8-13(12)17/h4-8,16,20H,19H2,1-3H3. The predicted octanol–water partition coefficient (Wildman–Crippen LogP) is 3.77. The predicted molar refractivity (Wildman–Crippen MR) is 85.7 cm³/mol. The molecule has 0 bridgehead atoms. The number of benzene rings is 2. The summed E-state index contributed by atoms with van der Waals surface area (Å²) in [5.41, 5.74) is 6.77. The van der Waals surface area contributed by atoms with E-state index in [-0.39, 0.29) is 11.9 Å². The number of hydrogen-bond acceptors (Lipinski definition) is 3. The molecular weight excluding hydrogens is 335 g/mol. The van der Waals surface area contributed by atoms with Crippen molar-refractivity contribution < 1.29 is 9.13 Å². The van der Waals surface area contributed by atoms with Crippen molar-refractivity contribution in [3.05, 3.63) is 62.9 Å². The van der Waals surface area contributed by atoms with Crippen molar-refractivity contribution in [1.82, 2.24) is 5.43 Å². The Morgan fingerprint density at radius 2 is 1.95 bits per heavy atom. The molecular formula is C16H18BrFN2O. The molecule has 0 saturated heterocycles. The van der Waals surface area contributed by atoms with Crippen molar-refractivity contribution >= 4 is 15.9 Å². The van der Waals surface area contributed by atoms with Crippen molar-refractivity contribution in [3.63, 3.8) is 0 Å². The fourth-order valence-corrected chi connectivity index (χ4v) is 3.12. The van der Waals surface area contributed by atoms with Gasteiger partial charge in [-0.2, -0.15) is 0 Å². The third-order valence-electron chi connectivity index (χ3n) is 3.44. The molecule has 3 N–H and O–H groups in total. The molecule has 2 aromatic rings. The summed E-state index contributed by atoms with van der Waals surface area (Å²) in [7, 11) is 1.63. The highest BCUT2D eigenvalue weighted by Gasteiger charge is 2.22. The zero-order chi connectivity index (χ0) is 15.6. The van der Waals surface area contributed by atoms with E-state index in [2.05, 4.69) is 27.4 Å². The summed E-state index contributed by atoms with van der Waals surface area (Å²) < 4.78 is 19.4. The van der Waals surface area contributed by atoms with Crippen LogP contribution in [0.2, 0.25) is 0 Å². The Hall–Kier alpha value is -1.43. The van der Waals surface area contributed by atoms with Crippen molar-refractivity contribution in [1.29, 1.82) is 0 Å². The summed E-state index contributed by atoms with van der Waals surface area (Å²) in [5, 5.41) is 0. The molecule has 1 atom stereocenters. The Kier molecular flexibility index (Phi) is 4.98. The summed E-state index contributed by atoms with van der Waals surface area (Å²) in [5.74, 6) is 6.21. The van der Waals surface area contributed by atoms with Crippen LogP contribution in [0.4, 0.5) is 4.39 Å². The summed E-state index contributed by atoms with van der Waals surface area (Å²) in [6.07, 6.45) is 0. The summed E-state index contributed by atoms with van der Waals surface area (Å²) in [6, 6.07) is 8.29. The molecule has 2 aromatic carbocycles. The van der Waals surface area contributed by atoms with Crippen LogP contribution < -0.4 is 16.0 Å². The van der Waals surface area contributed by atoms with Crippen LogP contribution in [0.25, 0.3) is 0 Å². The fraction of sp³-hybridized carbons (Fsp3) is 0.250. The fourth-order valence-electron chi connectivity index (χ4n) is 2.54. The van der Waals surface area contributed by atoms with Crippen LogP contribution >= 0.6 is 15.9 Å². The van der Waals surface area contributed by atoms with E-state index < -0.39 is 0 Å². The number of ether oxygens (including phenoxy) is 1.